The number of benzene rings is 2. The average Bonchev–Trinajstić information content (AvgIpc) is 2.68. The second kappa shape index (κ2) is 13.8. The van der Waals surface area contributed by atoms with Crippen molar-refractivity contribution >= 4 is 41.7 Å². The van der Waals surface area contributed by atoms with Crippen LogP contribution in [0.2, 0.25) is 0 Å². The molecule has 2 rings (SSSR count). The molecule has 0 atom stereocenters. The van der Waals surface area contributed by atoms with Gasteiger partial charge in [0.1, 0.15) is 5.82 Å². The molecule has 2 aromatic rings. The number of carbonyl (C=O) groups is 1. The number of guanidine groups is 1. The molecule has 0 aliphatic heterocycles. The molecule has 0 saturated carbocycles. The van der Waals surface area contributed by atoms with E-state index in [9.17, 15) is 9.18 Å². The zero-order valence-electron chi connectivity index (χ0n) is 17.7. The summed E-state index contributed by atoms with van der Waals surface area (Å²) in [5.41, 5.74) is 2.84. The van der Waals surface area contributed by atoms with Crippen LogP contribution in [0.4, 0.5) is 14.9 Å². The van der Waals surface area contributed by atoms with E-state index in [1.165, 1.54) is 12.1 Å². The number of hydrogen-bond acceptors (Lipinski definition) is 2. The Labute approximate surface area is 195 Å². The highest BCUT2D eigenvalue weighted by Crippen LogP contribution is 2.10. The summed E-state index contributed by atoms with van der Waals surface area (Å²) in [5, 5.41) is 12.1. The SMILES string of the molecule is CCNC(=NCc1ccc(NC(=O)NC(C)C)cc1)NCCc1ccc(F)cc1.I. The molecule has 0 aliphatic carbocycles. The molecule has 30 heavy (non-hydrogen) atoms. The fourth-order valence-electron chi connectivity index (χ4n) is 2.61. The van der Waals surface area contributed by atoms with E-state index in [-0.39, 0.29) is 41.9 Å². The normalized spacial score (nSPS) is 10.9. The number of nitrogens with one attached hydrogen (secondary N) is 4. The van der Waals surface area contributed by atoms with Crippen LogP contribution in [0.3, 0.4) is 0 Å². The third kappa shape index (κ3) is 9.91. The van der Waals surface area contributed by atoms with Crippen LogP contribution in [0.1, 0.15) is 31.9 Å². The molecule has 0 aliphatic rings. The maximum atomic E-state index is 13.0. The fraction of sp³-hybridized carbons (Fsp3) is 0.364. The third-order valence-corrected chi connectivity index (χ3v) is 4.01. The first-order valence-electron chi connectivity index (χ1n) is 9.89. The molecule has 6 nitrogen and oxygen atoms in total. The first-order chi connectivity index (χ1) is 14.0. The van der Waals surface area contributed by atoms with E-state index in [1.807, 2.05) is 45.0 Å². The summed E-state index contributed by atoms with van der Waals surface area (Å²) in [4.78, 5) is 16.3. The molecule has 0 unspecified atom stereocenters. The maximum absolute atomic E-state index is 13.0. The lowest BCUT2D eigenvalue weighted by atomic mass is 10.1. The van der Waals surface area contributed by atoms with Gasteiger partial charge in [0.15, 0.2) is 5.96 Å². The number of amides is 2. The highest BCUT2D eigenvalue weighted by atomic mass is 127. The molecule has 4 N–H and O–H groups in total. The Morgan fingerprint density at radius 3 is 2.23 bits per heavy atom. The van der Waals surface area contributed by atoms with Crippen LogP contribution < -0.4 is 21.3 Å². The number of carbonyl (C=O) groups excluding carboxylic acids is 1. The van der Waals surface area contributed by atoms with Crippen LogP contribution >= 0.6 is 24.0 Å². The van der Waals surface area contributed by atoms with Gasteiger partial charge in [-0.25, -0.2) is 14.2 Å². The van der Waals surface area contributed by atoms with Gasteiger partial charge < -0.3 is 21.3 Å². The molecule has 164 valence electrons. The van der Waals surface area contributed by atoms with Crippen molar-refractivity contribution in [2.45, 2.75) is 39.8 Å². The number of halogens is 2. The van der Waals surface area contributed by atoms with E-state index in [4.69, 9.17) is 0 Å². The summed E-state index contributed by atoms with van der Waals surface area (Å²) < 4.78 is 13.0. The lowest BCUT2D eigenvalue weighted by molar-refractivity contribution is 0.250. The summed E-state index contributed by atoms with van der Waals surface area (Å²) in [6.07, 6.45) is 0.781. The van der Waals surface area contributed by atoms with Gasteiger partial charge in [0, 0.05) is 24.8 Å². The minimum atomic E-state index is -0.224. The van der Waals surface area contributed by atoms with Gasteiger partial charge in [-0.05, 0) is 62.6 Å². The third-order valence-electron chi connectivity index (χ3n) is 4.01. The topological polar surface area (TPSA) is 77.5 Å². The molecule has 0 fully saturated rings. The van der Waals surface area contributed by atoms with Crippen LogP contribution in [0.5, 0.6) is 0 Å². The van der Waals surface area contributed by atoms with Crippen molar-refractivity contribution in [3.05, 3.63) is 65.5 Å². The lowest BCUT2D eigenvalue weighted by Crippen LogP contribution is -2.38. The lowest BCUT2D eigenvalue weighted by Gasteiger charge is -2.12. The molecule has 0 saturated heterocycles. The van der Waals surface area contributed by atoms with Crippen molar-refractivity contribution in [1.82, 2.24) is 16.0 Å². The summed E-state index contributed by atoms with van der Waals surface area (Å²) in [7, 11) is 0. The van der Waals surface area contributed by atoms with Crippen LogP contribution in [0.15, 0.2) is 53.5 Å². The van der Waals surface area contributed by atoms with E-state index in [2.05, 4.69) is 26.3 Å². The monoisotopic (exact) mass is 527 g/mol. The number of anilines is 1. The smallest absolute Gasteiger partial charge is 0.319 e. The number of aliphatic imine (C=N–C) groups is 1. The van der Waals surface area contributed by atoms with E-state index >= 15 is 0 Å². The molecular weight excluding hydrogens is 496 g/mol. The highest BCUT2D eigenvalue weighted by Gasteiger charge is 2.03. The highest BCUT2D eigenvalue weighted by molar-refractivity contribution is 14.0. The average molecular weight is 527 g/mol. The van der Waals surface area contributed by atoms with Gasteiger partial charge in [0.2, 0.25) is 0 Å². The largest absolute Gasteiger partial charge is 0.357 e. The van der Waals surface area contributed by atoms with Crippen molar-refractivity contribution in [3.63, 3.8) is 0 Å². The van der Waals surface area contributed by atoms with Crippen molar-refractivity contribution < 1.29 is 9.18 Å². The van der Waals surface area contributed by atoms with Crippen LogP contribution in [-0.4, -0.2) is 31.1 Å². The Balaban J connectivity index is 0.00000450. The van der Waals surface area contributed by atoms with Crippen molar-refractivity contribution in [3.8, 4) is 0 Å². The van der Waals surface area contributed by atoms with E-state index in [1.54, 1.807) is 12.1 Å². The Bertz CT molecular complexity index is 794. The fourth-order valence-corrected chi connectivity index (χ4v) is 2.61. The van der Waals surface area contributed by atoms with Gasteiger partial charge in [-0.1, -0.05) is 24.3 Å². The van der Waals surface area contributed by atoms with Crippen LogP contribution in [0.25, 0.3) is 0 Å². The quantitative estimate of drug-likeness (QED) is 0.235. The Hall–Kier alpha value is -2.36. The zero-order chi connectivity index (χ0) is 21.1. The number of urea groups is 1. The predicted molar refractivity (Wildman–Crippen MR) is 132 cm³/mol. The Morgan fingerprint density at radius 1 is 1.00 bits per heavy atom. The predicted octanol–water partition coefficient (Wildman–Crippen LogP) is 4.27. The minimum Gasteiger partial charge on any atom is -0.357 e. The van der Waals surface area contributed by atoms with Gasteiger partial charge in [-0.3, -0.25) is 0 Å². The zero-order valence-corrected chi connectivity index (χ0v) is 20.0. The number of rotatable bonds is 8. The van der Waals surface area contributed by atoms with Crippen LogP contribution in [0, 0.1) is 5.82 Å². The number of nitrogens with zero attached hydrogens (tertiary/aromatic N) is 1. The molecule has 8 heteroatoms. The van der Waals surface area contributed by atoms with Gasteiger partial charge in [-0.2, -0.15) is 0 Å². The Morgan fingerprint density at radius 2 is 1.63 bits per heavy atom. The number of hydrogen-bond donors (Lipinski definition) is 4. The molecular formula is C22H31FIN5O. The molecule has 2 amide bonds. The summed E-state index contributed by atoms with van der Waals surface area (Å²) in [6.45, 7) is 7.82. The molecule has 0 bridgehead atoms. The van der Waals surface area contributed by atoms with Crippen molar-refractivity contribution in [1.29, 1.82) is 0 Å². The second-order valence-corrected chi connectivity index (χ2v) is 6.95. The van der Waals surface area contributed by atoms with E-state index in [0.29, 0.717) is 13.1 Å². The molecule has 0 heterocycles. The van der Waals surface area contributed by atoms with Crippen LogP contribution in [-0.2, 0) is 13.0 Å². The maximum Gasteiger partial charge on any atom is 0.319 e. The summed E-state index contributed by atoms with van der Waals surface area (Å²) in [6, 6.07) is 14.0. The molecule has 0 aromatic heterocycles. The van der Waals surface area contributed by atoms with Crippen molar-refractivity contribution in [2.75, 3.05) is 18.4 Å². The van der Waals surface area contributed by atoms with Gasteiger partial charge in [0.05, 0.1) is 6.54 Å². The van der Waals surface area contributed by atoms with Gasteiger partial charge in [-0.15, -0.1) is 24.0 Å². The summed E-state index contributed by atoms with van der Waals surface area (Å²) >= 11 is 0. The van der Waals surface area contributed by atoms with E-state index in [0.717, 1.165) is 35.7 Å². The summed E-state index contributed by atoms with van der Waals surface area (Å²) in [5.74, 6) is 0.506. The van der Waals surface area contributed by atoms with Gasteiger partial charge in [0.25, 0.3) is 0 Å². The first-order valence-corrected chi connectivity index (χ1v) is 9.89. The minimum absolute atomic E-state index is 0. The molecule has 0 radical (unpaired) electrons. The second-order valence-electron chi connectivity index (χ2n) is 6.95. The molecule has 0 spiro atoms. The Kier molecular flexibility index (Phi) is 11.8. The van der Waals surface area contributed by atoms with Gasteiger partial charge >= 0.3 is 6.03 Å². The first kappa shape index (κ1) is 25.7. The standard InChI is InChI=1S/C22H30FN5O.HI/c1-4-24-21(25-14-13-17-5-9-19(23)10-6-17)26-15-18-7-11-20(12-8-18)28-22(29)27-16(2)3;/h5-12,16H,4,13-15H2,1-3H3,(H2,24,25,26)(H2,27,28,29);1H. The molecule has 2 aromatic carbocycles. The van der Waals surface area contributed by atoms with E-state index < -0.39 is 0 Å². The van der Waals surface area contributed by atoms with Crippen molar-refractivity contribution in [2.24, 2.45) is 4.99 Å².